The van der Waals surface area contributed by atoms with E-state index in [1.54, 1.807) is 22.7 Å². The highest BCUT2D eigenvalue weighted by atomic mass is 16.4. The van der Waals surface area contributed by atoms with E-state index in [1.165, 1.54) is 6.07 Å². The molecule has 4 rings (SSSR count). The quantitative estimate of drug-likeness (QED) is 0.443. The number of benzene rings is 2. The van der Waals surface area contributed by atoms with Crippen LogP contribution >= 0.6 is 0 Å². The molecule has 0 bridgehead atoms. The standard InChI is InChI=1S/C25H23N3O4/c1-3-6-21-20(23-26-22(25(31)32)13-15(2)28(23)27-21)14-16-9-11-17(12-10-16)18-7-4-5-8-19(18)24(29)30/h4-5,7-13H,3,6,14H2,1-2H3,(H,29,30)(H,31,32). The number of fused-ring (bicyclic) bond motifs is 1. The molecular weight excluding hydrogens is 406 g/mol. The summed E-state index contributed by atoms with van der Waals surface area (Å²) >= 11 is 0. The molecule has 2 heterocycles. The molecule has 0 aliphatic carbocycles. The Kier molecular flexibility index (Phi) is 5.73. The number of carboxylic acids is 2. The minimum atomic E-state index is -1.07. The number of hydrogen-bond acceptors (Lipinski definition) is 4. The summed E-state index contributed by atoms with van der Waals surface area (Å²) < 4.78 is 1.71. The van der Waals surface area contributed by atoms with Crippen molar-refractivity contribution in [2.45, 2.75) is 33.1 Å². The molecule has 0 amide bonds. The van der Waals surface area contributed by atoms with Gasteiger partial charge in [0.1, 0.15) is 0 Å². The fourth-order valence-corrected chi connectivity index (χ4v) is 3.91. The van der Waals surface area contributed by atoms with Crippen LogP contribution in [-0.4, -0.2) is 36.7 Å². The number of carboxylic acid groups (broad SMARTS) is 2. The highest BCUT2D eigenvalue weighted by Gasteiger charge is 2.18. The van der Waals surface area contributed by atoms with Crippen LogP contribution in [-0.2, 0) is 12.8 Å². The van der Waals surface area contributed by atoms with Gasteiger partial charge in [0.15, 0.2) is 11.3 Å². The lowest BCUT2D eigenvalue weighted by Gasteiger charge is -2.08. The van der Waals surface area contributed by atoms with E-state index < -0.39 is 11.9 Å². The van der Waals surface area contributed by atoms with Gasteiger partial charge in [-0.3, -0.25) is 0 Å². The Morgan fingerprint density at radius 1 is 1.00 bits per heavy atom. The SMILES string of the molecule is CCCc1nn2c(C)cc(C(=O)O)nc2c1Cc1ccc(-c2ccccc2C(=O)O)cc1. The van der Waals surface area contributed by atoms with Crippen LogP contribution in [0, 0.1) is 6.92 Å². The average molecular weight is 429 g/mol. The summed E-state index contributed by atoms with van der Waals surface area (Å²) in [7, 11) is 0. The lowest BCUT2D eigenvalue weighted by Crippen LogP contribution is -2.06. The zero-order chi connectivity index (χ0) is 22.8. The van der Waals surface area contributed by atoms with Crippen molar-refractivity contribution in [3.63, 3.8) is 0 Å². The third-order valence-corrected chi connectivity index (χ3v) is 5.45. The van der Waals surface area contributed by atoms with Crippen LogP contribution in [0.15, 0.2) is 54.6 Å². The monoisotopic (exact) mass is 429 g/mol. The van der Waals surface area contributed by atoms with Crippen LogP contribution in [0.2, 0.25) is 0 Å². The minimum Gasteiger partial charge on any atom is -0.478 e. The number of nitrogens with zero attached hydrogens (tertiary/aromatic N) is 3. The molecule has 2 aromatic carbocycles. The number of rotatable bonds is 7. The molecule has 4 aromatic rings. The van der Waals surface area contributed by atoms with Crippen LogP contribution in [0.5, 0.6) is 0 Å². The highest BCUT2D eigenvalue weighted by Crippen LogP contribution is 2.26. The van der Waals surface area contributed by atoms with Crippen LogP contribution in [0.4, 0.5) is 0 Å². The van der Waals surface area contributed by atoms with E-state index in [1.807, 2.05) is 37.3 Å². The zero-order valence-electron chi connectivity index (χ0n) is 17.9. The Labute approximate surface area is 185 Å². The Balaban J connectivity index is 1.74. The van der Waals surface area contributed by atoms with Crippen molar-refractivity contribution in [2.24, 2.45) is 0 Å². The van der Waals surface area contributed by atoms with Gasteiger partial charge in [-0.05, 0) is 42.2 Å². The van der Waals surface area contributed by atoms with Gasteiger partial charge in [0.2, 0.25) is 0 Å². The van der Waals surface area contributed by atoms with Gasteiger partial charge in [-0.2, -0.15) is 5.10 Å². The number of carbonyl (C=O) groups is 2. The zero-order valence-corrected chi connectivity index (χ0v) is 17.9. The first-order chi connectivity index (χ1) is 15.4. The fraction of sp³-hybridized carbons (Fsp3) is 0.200. The van der Waals surface area contributed by atoms with E-state index >= 15 is 0 Å². The van der Waals surface area contributed by atoms with E-state index in [-0.39, 0.29) is 11.3 Å². The van der Waals surface area contributed by atoms with Gasteiger partial charge in [0, 0.05) is 17.7 Å². The molecule has 0 unspecified atom stereocenters. The van der Waals surface area contributed by atoms with Crippen molar-refractivity contribution >= 4 is 17.6 Å². The second kappa shape index (κ2) is 8.63. The van der Waals surface area contributed by atoms with Gasteiger partial charge in [-0.1, -0.05) is 55.8 Å². The van der Waals surface area contributed by atoms with Gasteiger partial charge >= 0.3 is 11.9 Å². The molecule has 2 aromatic heterocycles. The van der Waals surface area contributed by atoms with Crippen molar-refractivity contribution < 1.29 is 19.8 Å². The predicted molar refractivity (Wildman–Crippen MR) is 120 cm³/mol. The third-order valence-electron chi connectivity index (χ3n) is 5.45. The smallest absolute Gasteiger partial charge is 0.354 e. The molecule has 0 radical (unpaired) electrons. The van der Waals surface area contributed by atoms with E-state index in [0.29, 0.717) is 17.6 Å². The van der Waals surface area contributed by atoms with Crippen molar-refractivity contribution in [3.8, 4) is 11.1 Å². The van der Waals surface area contributed by atoms with Crippen LogP contribution in [0.3, 0.4) is 0 Å². The molecule has 7 heteroatoms. The van der Waals surface area contributed by atoms with Crippen molar-refractivity contribution in [1.82, 2.24) is 14.6 Å². The summed E-state index contributed by atoms with van der Waals surface area (Å²) in [4.78, 5) is 27.4. The van der Waals surface area contributed by atoms with Crippen molar-refractivity contribution in [1.29, 1.82) is 0 Å². The number of hydrogen-bond donors (Lipinski definition) is 2. The van der Waals surface area contributed by atoms with E-state index in [2.05, 4.69) is 11.9 Å². The van der Waals surface area contributed by atoms with Gasteiger partial charge in [0.25, 0.3) is 0 Å². The van der Waals surface area contributed by atoms with Gasteiger partial charge in [-0.25, -0.2) is 19.1 Å². The molecule has 0 fully saturated rings. The maximum absolute atomic E-state index is 11.5. The Morgan fingerprint density at radius 3 is 2.38 bits per heavy atom. The lowest BCUT2D eigenvalue weighted by molar-refractivity contribution is 0.0682. The molecule has 0 spiro atoms. The van der Waals surface area contributed by atoms with Crippen molar-refractivity contribution in [2.75, 3.05) is 0 Å². The molecular formula is C25H23N3O4. The maximum atomic E-state index is 11.5. The van der Waals surface area contributed by atoms with Gasteiger partial charge in [-0.15, -0.1) is 0 Å². The Hall–Kier alpha value is -4.00. The second-order valence-corrected chi connectivity index (χ2v) is 7.72. The fourth-order valence-electron chi connectivity index (χ4n) is 3.91. The molecule has 0 atom stereocenters. The number of aromatic carboxylic acids is 2. The van der Waals surface area contributed by atoms with Crippen LogP contribution < -0.4 is 0 Å². The molecule has 0 aliphatic rings. The number of aryl methyl sites for hydroxylation is 2. The first-order valence-corrected chi connectivity index (χ1v) is 10.4. The summed E-state index contributed by atoms with van der Waals surface area (Å²) in [6.45, 7) is 3.90. The maximum Gasteiger partial charge on any atom is 0.354 e. The largest absolute Gasteiger partial charge is 0.478 e. The topological polar surface area (TPSA) is 105 Å². The Morgan fingerprint density at radius 2 is 1.72 bits per heavy atom. The first kappa shape index (κ1) is 21.2. The average Bonchev–Trinajstić information content (AvgIpc) is 3.12. The normalized spacial score (nSPS) is 11.1. The predicted octanol–water partition coefficient (Wildman–Crippen LogP) is 4.64. The summed E-state index contributed by atoms with van der Waals surface area (Å²) in [6, 6.07) is 16.2. The summed E-state index contributed by atoms with van der Waals surface area (Å²) in [5.41, 5.74) is 5.85. The summed E-state index contributed by atoms with van der Waals surface area (Å²) in [6.07, 6.45) is 2.23. The third kappa shape index (κ3) is 3.97. The van der Waals surface area contributed by atoms with E-state index in [0.717, 1.165) is 40.9 Å². The second-order valence-electron chi connectivity index (χ2n) is 7.72. The molecule has 0 saturated carbocycles. The molecule has 162 valence electrons. The molecule has 0 aliphatic heterocycles. The summed E-state index contributed by atoms with van der Waals surface area (Å²) in [5.74, 6) is -2.03. The molecule has 7 nitrogen and oxygen atoms in total. The molecule has 2 N–H and O–H groups in total. The lowest BCUT2D eigenvalue weighted by atomic mass is 9.96. The van der Waals surface area contributed by atoms with Crippen LogP contribution in [0.1, 0.15) is 56.7 Å². The first-order valence-electron chi connectivity index (χ1n) is 10.4. The summed E-state index contributed by atoms with van der Waals surface area (Å²) in [5, 5.41) is 23.6. The minimum absolute atomic E-state index is 0.000163. The highest BCUT2D eigenvalue weighted by molar-refractivity contribution is 5.96. The Bertz CT molecular complexity index is 1320. The molecule has 32 heavy (non-hydrogen) atoms. The molecule has 0 saturated heterocycles. The van der Waals surface area contributed by atoms with E-state index in [9.17, 15) is 19.8 Å². The van der Waals surface area contributed by atoms with Gasteiger partial charge < -0.3 is 10.2 Å². The van der Waals surface area contributed by atoms with Crippen LogP contribution in [0.25, 0.3) is 16.8 Å². The van der Waals surface area contributed by atoms with Gasteiger partial charge in [0.05, 0.1) is 11.3 Å². The van der Waals surface area contributed by atoms with Crippen molar-refractivity contribution in [3.05, 3.63) is 88.4 Å². The number of aromatic nitrogens is 3. The van der Waals surface area contributed by atoms with E-state index in [4.69, 9.17) is 5.10 Å².